The summed E-state index contributed by atoms with van der Waals surface area (Å²) in [6.45, 7) is 11.3. The van der Waals surface area contributed by atoms with Gasteiger partial charge in [-0.15, -0.1) is 11.3 Å². The van der Waals surface area contributed by atoms with Crippen molar-refractivity contribution >= 4 is 23.3 Å². The van der Waals surface area contributed by atoms with Crippen molar-refractivity contribution in [2.24, 2.45) is 0 Å². The van der Waals surface area contributed by atoms with Gasteiger partial charge in [-0.3, -0.25) is 9.69 Å². The summed E-state index contributed by atoms with van der Waals surface area (Å²) in [5.74, 6) is -0.00503. The number of carbonyl (C=O) groups excluding carboxylic acids is 2. The smallest absolute Gasteiger partial charge is 0.319 e. The molecule has 1 atom stereocenters. The maximum Gasteiger partial charge on any atom is 0.319 e. The van der Waals surface area contributed by atoms with E-state index in [-0.39, 0.29) is 29.9 Å². The van der Waals surface area contributed by atoms with E-state index in [0.29, 0.717) is 13.2 Å². The molecule has 2 rings (SSSR count). The molecule has 1 unspecified atom stereocenters. The summed E-state index contributed by atoms with van der Waals surface area (Å²) >= 11 is 1.55. The van der Waals surface area contributed by atoms with Gasteiger partial charge in [0.15, 0.2) is 0 Å². The van der Waals surface area contributed by atoms with Gasteiger partial charge in [-0.2, -0.15) is 0 Å². The summed E-state index contributed by atoms with van der Waals surface area (Å²) in [4.78, 5) is 31.7. The average molecular weight is 324 g/mol. The third-order valence-corrected chi connectivity index (χ3v) is 4.72. The Morgan fingerprint density at radius 2 is 2.18 bits per heavy atom. The SMILES string of the molecule is CCN1CN(C(=O)NC(C)c2nc(C(C)(C)C)cs2)CC1=O. The zero-order chi connectivity index (χ0) is 16.5. The van der Waals surface area contributed by atoms with Crippen LogP contribution in [0.4, 0.5) is 4.79 Å². The number of thiazole rings is 1. The molecular formula is C15H24N4O2S. The van der Waals surface area contributed by atoms with E-state index in [2.05, 4.69) is 31.1 Å². The molecule has 1 aliphatic heterocycles. The number of rotatable bonds is 3. The quantitative estimate of drug-likeness (QED) is 0.928. The molecule has 1 N–H and O–H groups in total. The predicted molar refractivity (Wildman–Crippen MR) is 86.7 cm³/mol. The van der Waals surface area contributed by atoms with Crippen molar-refractivity contribution < 1.29 is 9.59 Å². The minimum atomic E-state index is -0.218. The van der Waals surface area contributed by atoms with Crippen LogP contribution < -0.4 is 5.32 Å². The van der Waals surface area contributed by atoms with E-state index in [1.54, 1.807) is 16.2 Å². The van der Waals surface area contributed by atoms with Crippen LogP contribution in [0.15, 0.2) is 5.38 Å². The lowest BCUT2D eigenvalue weighted by Gasteiger charge is -2.20. The lowest BCUT2D eigenvalue weighted by molar-refractivity contribution is -0.126. The zero-order valence-electron chi connectivity index (χ0n) is 13.8. The minimum Gasteiger partial charge on any atom is -0.329 e. The highest BCUT2D eigenvalue weighted by atomic mass is 32.1. The van der Waals surface area contributed by atoms with E-state index < -0.39 is 0 Å². The summed E-state index contributed by atoms with van der Waals surface area (Å²) in [5, 5.41) is 5.85. The first-order valence-corrected chi connectivity index (χ1v) is 8.39. The largest absolute Gasteiger partial charge is 0.329 e. The summed E-state index contributed by atoms with van der Waals surface area (Å²) in [7, 11) is 0. The fourth-order valence-corrected chi connectivity index (χ4v) is 3.23. The van der Waals surface area contributed by atoms with Crippen molar-refractivity contribution in [3.63, 3.8) is 0 Å². The molecule has 2 heterocycles. The molecule has 0 bridgehead atoms. The van der Waals surface area contributed by atoms with E-state index in [9.17, 15) is 9.59 Å². The van der Waals surface area contributed by atoms with Gasteiger partial charge >= 0.3 is 6.03 Å². The maximum atomic E-state index is 12.3. The Kier molecular flexibility index (Phi) is 4.75. The molecule has 122 valence electrons. The molecule has 6 nitrogen and oxygen atoms in total. The van der Waals surface area contributed by atoms with Crippen LogP contribution in [0.3, 0.4) is 0 Å². The minimum absolute atomic E-state index is 0.00147. The third kappa shape index (κ3) is 3.58. The van der Waals surface area contributed by atoms with Crippen LogP contribution >= 0.6 is 11.3 Å². The molecule has 1 saturated heterocycles. The molecule has 1 aliphatic rings. The fourth-order valence-electron chi connectivity index (χ4n) is 2.18. The second kappa shape index (κ2) is 6.24. The van der Waals surface area contributed by atoms with Gasteiger partial charge in [0.05, 0.1) is 18.4 Å². The lowest BCUT2D eigenvalue weighted by Crippen LogP contribution is -2.40. The number of amides is 3. The summed E-state index contributed by atoms with van der Waals surface area (Å²) in [5.41, 5.74) is 1.03. The van der Waals surface area contributed by atoms with E-state index in [1.807, 2.05) is 19.2 Å². The van der Waals surface area contributed by atoms with Crippen molar-refractivity contribution in [1.82, 2.24) is 20.1 Å². The van der Waals surface area contributed by atoms with E-state index >= 15 is 0 Å². The van der Waals surface area contributed by atoms with Gasteiger partial charge in [0.2, 0.25) is 5.91 Å². The summed E-state index contributed by atoms with van der Waals surface area (Å²) in [6, 6.07) is -0.385. The Hall–Kier alpha value is -1.63. The molecule has 0 spiro atoms. The molecule has 3 amide bonds. The van der Waals surface area contributed by atoms with Gasteiger partial charge in [0.25, 0.3) is 0 Å². The highest BCUT2D eigenvalue weighted by Gasteiger charge is 2.30. The molecule has 1 fully saturated rings. The van der Waals surface area contributed by atoms with Crippen LogP contribution in [-0.4, -0.2) is 46.5 Å². The Morgan fingerprint density at radius 1 is 1.50 bits per heavy atom. The number of nitrogens with one attached hydrogen (secondary N) is 1. The van der Waals surface area contributed by atoms with Gasteiger partial charge in [0, 0.05) is 17.3 Å². The Bertz CT molecular complexity index is 564. The van der Waals surface area contributed by atoms with Crippen LogP contribution in [-0.2, 0) is 10.2 Å². The number of carbonyl (C=O) groups is 2. The van der Waals surface area contributed by atoms with Gasteiger partial charge in [-0.1, -0.05) is 20.8 Å². The van der Waals surface area contributed by atoms with Crippen molar-refractivity contribution in [1.29, 1.82) is 0 Å². The number of likely N-dealkylation sites (N-methyl/N-ethyl adjacent to an activating group) is 1. The molecule has 0 saturated carbocycles. The maximum absolute atomic E-state index is 12.3. The summed E-state index contributed by atoms with van der Waals surface area (Å²) < 4.78 is 0. The number of hydrogen-bond acceptors (Lipinski definition) is 4. The monoisotopic (exact) mass is 324 g/mol. The summed E-state index contributed by atoms with van der Waals surface area (Å²) in [6.07, 6.45) is 0. The molecule has 7 heteroatoms. The second-order valence-electron chi connectivity index (χ2n) is 6.58. The van der Waals surface area contributed by atoms with Crippen molar-refractivity contribution in [3.05, 3.63) is 16.1 Å². The number of nitrogens with zero attached hydrogens (tertiary/aromatic N) is 3. The Labute approximate surface area is 135 Å². The van der Waals surface area contributed by atoms with Crippen LogP contribution in [0.2, 0.25) is 0 Å². The van der Waals surface area contributed by atoms with Gasteiger partial charge < -0.3 is 10.2 Å². The highest BCUT2D eigenvalue weighted by Crippen LogP contribution is 2.26. The van der Waals surface area contributed by atoms with E-state index in [0.717, 1.165) is 10.7 Å². The van der Waals surface area contributed by atoms with E-state index in [1.165, 1.54) is 4.90 Å². The predicted octanol–water partition coefficient (Wildman–Crippen LogP) is 2.33. The van der Waals surface area contributed by atoms with Crippen LogP contribution in [0.25, 0.3) is 0 Å². The molecule has 0 aliphatic carbocycles. The standard InChI is InChI=1S/C15H24N4O2S/c1-6-18-9-19(7-12(18)20)14(21)16-10(2)13-17-11(8-22-13)15(3,4)5/h8,10H,6-7,9H2,1-5H3,(H,16,21). The molecular weight excluding hydrogens is 300 g/mol. The normalized spacial score (nSPS) is 17.0. The van der Waals surface area contributed by atoms with Crippen molar-refractivity contribution in [3.8, 4) is 0 Å². The third-order valence-electron chi connectivity index (χ3n) is 3.69. The highest BCUT2D eigenvalue weighted by molar-refractivity contribution is 7.09. The van der Waals surface area contributed by atoms with E-state index in [4.69, 9.17) is 0 Å². The molecule has 22 heavy (non-hydrogen) atoms. The topological polar surface area (TPSA) is 65.5 Å². The van der Waals surface area contributed by atoms with Gasteiger partial charge in [-0.25, -0.2) is 9.78 Å². The first kappa shape index (κ1) is 16.7. The van der Waals surface area contributed by atoms with Gasteiger partial charge in [-0.05, 0) is 13.8 Å². The number of urea groups is 1. The van der Waals surface area contributed by atoms with Crippen LogP contribution in [0.5, 0.6) is 0 Å². The van der Waals surface area contributed by atoms with Crippen molar-refractivity contribution in [2.45, 2.75) is 46.1 Å². The van der Waals surface area contributed by atoms with Crippen molar-refractivity contribution in [2.75, 3.05) is 19.8 Å². The molecule has 1 aromatic heterocycles. The first-order chi connectivity index (χ1) is 10.2. The zero-order valence-corrected chi connectivity index (χ0v) is 14.7. The first-order valence-electron chi connectivity index (χ1n) is 7.51. The molecule has 0 aromatic carbocycles. The van der Waals surface area contributed by atoms with Crippen LogP contribution in [0, 0.1) is 0 Å². The number of hydrogen-bond donors (Lipinski definition) is 1. The lowest BCUT2D eigenvalue weighted by atomic mass is 9.93. The average Bonchev–Trinajstić information content (AvgIpc) is 3.04. The number of aromatic nitrogens is 1. The molecule has 0 radical (unpaired) electrons. The fraction of sp³-hybridized carbons (Fsp3) is 0.667. The Balaban J connectivity index is 1.97. The molecule has 1 aromatic rings. The Morgan fingerprint density at radius 3 is 2.68 bits per heavy atom. The van der Waals surface area contributed by atoms with Gasteiger partial charge in [0.1, 0.15) is 11.6 Å². The van der Waals surface area contributed by atoms with Crippen LogP contribution in [0.1, 0.15) is 51.4 Å². The second-order valence-corrected chi connectivity index (χ2v) is 7.47.